The summed E-state index contributed by atoms with van der Waals surface area (Å²) in [5, 5.41) is 14.0. The molecule has 0 aliphatic carbocycles. The van der Waals surface area contributed by atoms with E-state index >= 15 is 0 Å². The highest BCUT2D eigenvalue weighted by Crippen LogP contribution is 2.36. The molecule has 12 heteroatoms. The minimum absolute atomic E-state index is 0.102. The number of nitrogens with one attached hydrogen (secondary N) is 2. The van der Waals surface area contributed by atoms with Gasteiger partial charge in [0.25, 0.3) is 21.6 Å². The van der Waals surface area contributed by atoms with Crippen molar-refractivity contribution in [3.63, 3.8) is 0 Å². The number of thiazole rings is 1. The average Bonchev–Trinajstić information content (AvgIpc) is 3.20. The number of nitro benzene ring substituents is 1. The van der Waals surface area contributed by atoms with Gasteiger partial charge in [0, 0.05) is 17.3 Å². The molecule has 0 bridgehead atoms. The van der Waals surface area contributed by atoms with Crippen LogP contribution in [0.5, 0.6) is 5.75 Å². The zero-order chi connectivity index (χ0) is 24.5. The molecule has 3 aromatic carbocycles. The van der Waals surface area contributed by atoms with Gasteiger partial charge in [0.1, 0.15) is 5.52 Å². The number of carbonyl (C=O) groups excluding carboxylic acids is 1. The van der Waals surface area contributed by atoms with Gasteiger partial charge < -0.3 is 4.74 Å². The molecule has 4 rings (SSSR count). The SMILES string of the molecule is COc1cc([N+](=O)[O-])cc2sc(NC(=O)c3cccc(NS(=O)(=O)c4ccc(C)cc4)c3)nc12. The number of hydrogen-bond acceptors (Lipinski definition) is 8. The Hall–Kier alpha value is -4.03. The summed E-state index contributed by atoms with van der Waals surface area (Å²) in [5.41, 5.74) is 1.57. The van der Waals surface area contributed by atoms with Crippen molar-refractivity contribution in [2.75, 3.05) is 17.1 Å². The number of carbonyl (C=O) groups is 1. The van der Waals surface area contributed by atoms with Gasteiger partial charge in [-0.05, 0) is 37.3 Å². The van der Waals surface area contributed by atoms with Crippen LogP contribution in [0.15, 0.2) is 65.6 Å². The molecule has 0 aliphatic heterocycles. The summed E-state index contributed by atoms with van der Waals surface area (Å²) in [6.07, 6.45) is 0. The van der Waals surface area contributed by atoms with Crippen LogP contribution in [0, 0.1) is 17.0 Å². The lowest BCUT2D eigenvalue weighted by atomic mass is 10.2. The van der Waals surface area contributed by atoms with Crippen molar-refractivity contribution in [3.8, 4) is 5.75 Å². The maximum Gasteiger partial charge on any atom is 0.274 e. The number of aryl methyl sites for hydroxylation is 1. The maximum absolute atomic E-state index is 12.8. The minimum atomic E-state index is -3.83. The number of fused-ring (bicyclic) bond motifs is 1. The first kappa shape index (κ1) is 23.1. The number of rotatable bonds is 7. The molecule has 0 fully saturated rings. The van der Waals surface area contributed by atoms with Gasteiger partial charge in [-0.15, -0.1) is 0 Å². The van der Waals surface area contributed by atoms with Crippen molar-refractivity contribution < 1.29 is 22.9 Å². The molecule has 0 spiro atoms. The minimum Gasteiger partial charge on any atom is -0.494 e. The van der Waals surface area contributed by atoms with Crippen LogP contribution in [-0.4, -0.2) is 31.3 Å². The van der Waals surface area contributed by atoms with Gasteiger partial charge >= 0.3 is 0 Å². The second-order valence-corrected chi connectivity index (χ2v) is 9.94. The third-order valence-electron chi connectivity index (χ3n) is 4.80. The molecule has 10 nitrogen and oxygen atoms in total. The van der Waals surface area contributed by atoms with Crippen molar-refractivity contribution >= 4 is 54.0 Å². The van der Waals surface area contributed by atoms with E-state index < -0.39 is 20.9 Å². The highest BCUT2D eigenvalue weighted by Gasteiger charge is 2.19. The van der Waals surface area contributed by atoms with Crippen molar-refractivity contribution in [1.82, 2.24) is 4.98 Å². The molecule has 4 aromatic rings. The summed E-state index contributed by atoms with van der Waals surface area (Å²) < 4.78 is 33.4. The number of ether oxygens (including phenoxy) is 1. The first-order valence-corrected chi connectivity index (χ1v) is 12.1. The average molecular weight is 499 g/mol. The lowest BCUT2D eigenvalue weighted by Gasteiger charge is -2.10. The van der Waals surface area contributed by atoms with E-state index in [-0.39, 0.29) is 32.7 Å². The molecule has 174 valence electrons. The van der Waals surface area contributed by atoms with Crippen LogP contribution in [0.4, 0.5) is 16.5 Å². The number of amides is 1. The van der Waals surface area contributed by atoms with Crippen LogP contribution in [0.2, 0.25) is 0 Å². The quantitative estimate of drug-likeness (QED) is 0.281. The number of methoxy groups -OCH3 is 1. The Morgan fingerprint density at radius 2 is 1.85 bits per heavy atom. The Morgan fingerprint density at radius 3 is 2.53 bits per heavy atom. The Morgan fingerprint density at radius 1 is 1.12 bits per heavy atom. The maximum atomic E-state index is 12.8. The number of sulfonamides is 1. The summed E-state index contributed by atoms with van der Waals surface area (Å²) in [6, 6.07) is 15.0. The number of benzene rings is 3. The summed E-state index contributed by atoms with van der Waals surface area (Å²) in [5.74, 6) is -0.308. The van der Waals surface area contributed by atoms with Crippen molar-refractivity contribution in [3.05, 3.63) is 81.9 Å². The van der Waals surface area contributed by atoms with Crippen LogP contribution in [0.25, 0.3) is 10.2 Å². The van der Waals surface area contributed by atoms with E-state index in [1.165, 1.54) is 49.6 Å². The fraction of sp³-hybridized carbons (Fsp3) is 0.0909. The zero-order valence-electron chi connectivity index (χ0n) is 17.9. The number of hydrogen-bond donors (Lipinski definition) is 2. The summed E-state index contributed by atoms with van der Waals surface area (Å²) in [4.78, 5) is 27.8. The molecule has 0 saturated heterocycles. The number of anilines is 2. The van der Waals surface area contributed by atoms with Gasteiger partial charge in [-0.1, -0.05) is 35.1 Å². The van der Waals surface area contributed by atoms with Crippen molar-refractivity contribution in [2.45, 2.75) is 11.8 Å². The monoisotopic (exact) mass is 498 g/mol. The van der Waals surface area contributed by atoms with Crippen LogP contribution in [0.1, 0.15) is 15.9 Å². The van der Waals surface area contributed by atoms with Crippen LogP contribution < -0.4 is 14.8 Å². The normalized spacial score (nSPS) is 11.2. The van der Waals surface area contributed by atoms with Crippen LogP contribution in [0.3, 0.4) is 0 Å². The number of nitro groups is 1. The third-order valence-corrected chi connectivity index (χ3v) is 7.12. The Bertz CT molecular complexity index is 1510. The molecular weight excluding hydrogens is 480 g/mol. The predicted octanol–water partition coefficient (Wildman–Crippen LogP) is 4.57. The highest BCUT2D eigenvalue weighted by molar-refractivity contribution is 7.92. The highest BCUT2D eigenvalue weighted by atomic mass is 32.2. The first-order valence-electron chi connectivity index (χ1n) is 9.80. The molecule has 34 heavy (non-hydrogen) atoms. The molecule has 2 N–H and O–H groups in total. The van der Waals surface area contributed by atoms with E-state index in [4.69, 9.17) is 4.74 Å². The van der Waals surface area contributed by atoms with E-state index in [2.05, 4.69) is 15.0 Å². The number of non-ortho nitro benzene ring substituents is 1. The topological polar surface area (TPSA) is 141 Å². The van der Waals surface area contributed by atoms with E-state index in [1.807, 2.05) is 6.92 Å². The second-order valence-electron chi connectivity index (χ2n) is 7.22. The first-order chi connectivity index (χ1) is 16.2. The van der Waals surface area contributed by atoms with Crippen LogP contribution >= 0.6 is 11.3 Å². The van der Waals surface area contributed by atoms with Gasteiger partial charge in [0.05, 0.1) is 27.7 Å². The van der Waals surface area contributed by atoms with Crippen LogP contribution in [-0.2, 0) is 10.0 Å². The fourth-order valence-corrected chi connectivity index (χ4v) is 5.09. The summed E-state index contributed by atoms with van der Waals surface area (Å²) >= 11 is 1.05. The molecule has 0 radical (unpaired) electrons. The van der Waals surface area contributed by atoms with E-state index in [0.717, 1.165) is 16.9 Å². The molecule has 1 aromatic heterocycles. The second kappa shape index (κ2) is 9.08. The van der Waals surface area contributed by atoms with Gasteiger partial charge in [0.2, 0.25) is 0 Å². The van der Waals surface area contributed by atoms with Crippen molar-refractivity contribution in [1.29, 1.82) is 0 Å². The molecular formula is C22H18N4O6S2. The Labute approximate surface area is 198 Å². The molecule has 1 heterocycles. The van der Waals surface area contributed by atoms with E-state index in [9.17, 15) is 23.3 Å². The number of nitrogens with zero attached hydrogens (tertiary/aromatic N) is 2. The van der Waals surface area contributed by atoms with Crippen molar-refractivity contribution in [2.24, 2.45) is 0 Å². The van der Waals surface area contributed by atoms with E-state index in [0.29, 0.717) is 10.2 Å². The van der Waals surface area contributed by atoms with Gasteiger partial charge in [-0.3, -0.25) is 24.9 Å². The third kappa shape index (κ3) is 4.82. The Kier molecular flexibility index (Phi) is 6.18. The fourth-order valence-electron chi connectivity index (χ4n) is 3.12. The summed E-state index contributed by atoms with van der Waals surface area (Å²) in [6.45, 7) is 1.86. The Balaban J connectivity index is 1.56. The van der Waals surface area contributed by atoms with Gasteiger partial charge in [-0.2, -0.15) is 0 Å². The molecule has 1 amide bonds. The smallest absolute Gasteiger partial charge is 0.274 e. The zero-order valence-corrected chi connectivity index (χ0v) is 19.6. The van der Waals surface area contributed by atoms with Gasteiger partial charge in [-0.25, -0.2) is 13.4 Å². The lowest BCUT2D eigenvalue weighted by molar-refractivity contribution is -0.384. The van der Waals surface area contributed by atoms with E-state index in [1.54, 1.807) is 18.2 Å². The predicted molar refractivity (Wildman–Crippen MR) is 129 cm³/mol. The summed E-state index contributed by atoms with van der Waals surface area (Å²) in [7, 11) is -2.45. The largest absolute Gasteiger partial charge is 0.494 e. The molecule has 0 atom stereocenters. The molecule has 0 unspecified atom stereocenters. The lowest BCUT2D eigenvalue weighted by Crippen LogP contribution is -2.15. The molecule has 0 aliphatic rings. The standard InChI is InChI=1S/C22H18N4O6S2/c1-13-6-8-17(9-7-13)34(30,31)25-15-5-3-4-14(10-15)21(27)24-22-23-20-18(32-2)11-16(26(28)29)12-19(20)33-22/h3-12,25H,1-2H3,(H,23,24,27). The molecule has 0 saturated carbocycles. The van der Waals surface area contributed by atoms with Gasteiger partial charge in [0.15, 0.2) is 10.9 Å². The number of aromatic nitrogens is 1.